The predicted octanol–water partition coefficient (Wildman–Crippen LogP) is 2.93. The van der Waals surface area contributed by atoms with Gasteiger partial charge >= 0.3 is 18.3 Å². The lowest BCUT2D eigenvalue weighted by atomic mass is 9.98. The first-order valence-electron chi connectivity index (χ1n) is 12.5. The molecule has 0 radical (unpaired) electrons. The molecular weight excluding hydrogens is 564 g/mol. The van der Waals surface area contributed by atoms with E-state index in [2.05, 4.69) is 5.09 Å². The molecule has 0 amide bonds. The molecule has 1 saturated heterocycles. The van der Waals surface area contributed by atoms with Gasteiger partial charge in [-0.1, -0.05) is 30.3 Å². The zero-order chi connectivity index (χ0) is 29.2. The molecule has 14 heteroatoms. The molecule has 3 aromatic rings. The van der Waals surface area contributed by atoms with Crippen molar-refractivity contribution >= 4 is 35.2 Å². The normalized spacial score (nSPS) is 25.0. The van der Waals surface area contributed by atoms with Gasteiger partial charge < -0.3 is 23.6 Å². The third-order valence-electron chi connectivity index (χ3n) is 6.23. The number of ether oxygens (including phenoxy) is 2. The number of esters is 1. The SMILES string of the molecule is CC(C)OC(=O)[C@H](C)NP(=S)(OC[C@H]1O[C@@H](n2ccc(=O)[nH]c2=O)[C@](C)(F)[C@@H]1O)Oc1ccc2ccccc2c1. The lowest BCUT2D eigenvalue weighted by molar-refractivity contribution is -0.149. The van der Waals surface area contributed by atoms with Crippen molar-refractivity contribution in [1.82, 2.24) is 14.6 Å². The van der Waals surface area contributed by atoms with Gasteiger partial charge in [0.15, 0.2) is 11.9 Å². The average molecular weight is 596 g/mol. The fraction of sp³-hybridized carbons (Fsp3) is 0.423. The van der Waals surface area contributed by atoms with Crippen LogP contribution in [0, 0.1) is 0 Å². The molecule has 0 bridgehead atoms. The maximum atomic E-state index is 15.6. The van der Waals surface area contributed by atoms with Gasteiger partial charge in [-0.05, 0) is 62.4 Å². The number of nitrogens with one attached hydrogen (secondary N) is 2. The van der Waals surface area contributed by atoms with Crippen LogP contribution in [0.2, 0.25) is 0 Å². The van der Waals surface area contributed by atoms with E-state index < -0.39 is 60.6 Å². The minimum Gasteiger partial charge on any atom is -0.462 e. The van der Waals surface area contributed by atoms with Crippen LogP contribution in [-0.2, 0) is 30.6 Å². The number of fused-ring (bicyclic) bond motifs is 1. The summed E-state index contributed by atoms with van der Waals surface area (Å²) in [6.07, 6.45) is -3.86. The first-order chi connectivity index (χ1) is 18.8. The second-order valence-electron chi connectivity index (χ2n) is 9.87. The molecule has 0 aliphatic carbocycles. The second kappa shape index (κ2) is 11.9. The summed E-state index contributed by atoms with van der Waals surface area (Å²) in [5.41, 5.74) is -4.00. The van der Waals surface area contributed by atoms with E-state index in [0.717, 1.165) is 34.5 Å². The van der Waals surface area contributed by atoms with Gasteiger partial charge in [0.1, 0.15) is 24.0 Å². The standard InChI is InChI=1S/C26H31FN3O8PS/c1-15(2)36-23(33)16(3)29-39(40,38-19-10-9-17-7-5-6-8-18(17)13-19)35-14-20-22(32)26(4,27)24(37-20)30-12-11-21(31)28-25(30)34/h5-13,15-16,20,22,24,32H,14H2,1-4H3,(H,29,40)(H,28,31,34)/t16-,20+,22+,24+,26+,39?/m0/s1. The molecule has 2 aromatic carbocycles. The molecule has 1 unspecified atom stereocenters. The Morgan fingerprint density at radius 1 is 1.23 bits per heavy atom. The number of H-pyrrole nitrogens is 1. The minimum atomic E-state index is -3.55. The number of aromatic amines is 1. The van der Waals surface area contributed by atoms with Crippen LogP contribution in [0.5, 0.6) is 5.75 Å². The molecule has 2 heterocycles. The largest absolute Gasteiger partial charge is 0.462 e. The first-order valence-corrected chi connectivity index (χ1v) is 15.2. The number of carbonyl (C=O) groups is 1. The number of aliphatic hydroxyl groups is 1. The minimum absolute atomic E-state index is 0.361. The average Bonchev–Trinajstić information content (AvgIpc) is 3.10. The number of hydrogen-bond donors (Lipinski definition) is 3. The van der Waals surface area contributed by atoms with Crippen molar-refractivity contribution in [2.45, 2.75) is 63.9 Å². The lowest BCUT2D eigenvalue weighted by Gasteiger charge is -2.28. The van der Waals surface area contributed by atoms with Crippen LogP contribution in [-0.4, -0.2) is 57.3 Å². The molecule has 1 aliphatic rings. The van der Waals surface area contributed by atoms with Crippen molar-refractivity contribution in [3.63, 3.8) is 0 Å². The summed E-state index contributed by atoms with van der Waals surface area (Å²) in [5, 5.41) is 15.5. The maximum absolute atomic E-state index is 15.6. The molecule has 0 saturated carbocycles. The summed E-state index contributed by atoms with van der Waals surface area (Å²) in [6.45, 7) is 2.03. The number of nitrogens with zero attached hydrogens (tertiary/aromatic N) is 1. The number of aliphatic hydroxyl groups excluding tert-OH is 1. The van der Waals surface area contributed by atoms with Crippen molar-refractivity contribution in [3.05, 3.63) is 75.6 Å². The van der Waals surface area contributed by atoms with Crippen molar-refractivity contribution in [1.29, 1.82) is 0 Å². The van der Waals surface area contributed by atoms with E-state index in [-0.39, 0.29) is 6.10 Å². The van der Waals surface area contributed by atoms with Crippen molar-refractivity contribution in [2.24, 2.45) is 0 Å². The van der Waals surface area contributed by atoms with Gasteiger partial charge in [-0.25, -0.2) is 14.3 Å². The number of aromatic nitrogens is 2. The summed E-state index contributed by atoms with van der Waals surface area (Å²) < 4.78 is 39.4. The third-order valence-corrected chi connectivity index (χ3v) is 8.73. The number of carbonyl (C=O) groups excluding carboxylic acids is 1. The molecule has 1 fully saturated rings. The number of benzene rings is 2. The van der Waals surface area contributed by atoms with E-state index in [1.54, 1.807) is 26.0 Å². The molecule has 11 nitrogen and oxygen atoms in total. The van der Waals surface area contributed by atoms with Crippen molar-refractivity contribution in [2.75, 3.05) is 6.61 Å². The van der Waals surface area contributed by atoms with Crippen LogP contribution in [0.1, 0.15) is 33.9 Å². The Bertz CT molecular complexity index is 1540. The van der Waals surface area contributed by atoms with Gasteiger partial charge in [0.05, 0.1) is 12.7 Å². The van der Waals surface area contributed by atoms with Gasteiger partial charge in [-0.2, -0.15) is 0 Å². The van der Waals surface area contributed by atoms with Crippen molar-refractivity contribution in [3.8, 4) is 5.75 Å². The van der Waals surface area contributed by atoms with Crippen LogP contribution in [0.3, 0.4) is 0 Å². The molecule has 216 valence electrons. The lowest BCUT2D eigenvalue weighted by Crippen LogP contribution is -2.43. The first kappa shape index (κ1) is 30.0. The summed E-state index contributed by atoms with van der Waals surface area (Å²) in [7, 11) is 0. The Hall–Kier alpha value is -2.93. The van der Waals surface area contributed by atoms with E-state index in [1.165, 1.54) is 6.92 Å². The number of halogens is 1. The molecule has 1 aliphatic heterocycles. The predicted molar refractivity (Wildman–Crippen MR) is 149 cm³/mol. The summed E-state index contributed by atoms with van der Waals surface area (Å²) in [4.78, 5) is 38.3. The van der Waals surface area contributed by atoms with Crippen LogP contribution in [0.4, 0.5) is 4.39 Å². The molecule has 0 spiro atoms. The van der Waals surface area contributed by atoms with E-state index in [9.17, 15) is 19.5 Å². The highest BCUT2D eigenvalue weighted by molar-refractivity contribution is 8.09. The fourth-order valence-electron chi connectivity index (χ4n) is 4.21. The molecular formula is C26H31FN3O8PS. The molecule has 3 N–H and O–H groups in total. The molecule has 40 heavy (non-hydrogen) atoms. The highest BCUT2D eigenvalue weighted by atomic mass is 32.5. The van der Waals surface area contributed by atoms with Crippen LogP contribution < -0.4 is 20.9 Å². The zero-order valence-corrected chi connectivity index (χ0v) is 24.0. The second-order valence-corrected chi connectivity index (χ2v) is 13.0. The number of rotatable bonds is 10. The molecule has 6 atom stereocenters. The Balaban J connectivity index is 1.57. The van der Waals surface area contributed by atoms with Crippen LogP contribution in [0.25, 0.3) is 10.8 Å². The highest BCUT2D eigenvalue weighted by Gasteiger charge is 2.55. The van der Waals surface area contributed by atoms with Gasteiger partial charge in [-0.15, -0.1) is 0 Å². The van der Waals surface area contributed by atoms with E-state index in [1.807, 2.05) is 35.3 Å². The van der Waals surface area contributed by atoms with E-state index >= 15 is 4.39 Å². The number of hydrogen-bond acceptors (Lipinski definition) is 9. The van der Waals surface area contributed by atoms with Crippen molar-refractivity contribution < 1.29 is 32.8 Å². The number of alkyl halides is 1. The Morgan fingerprint density at radius 2 is 1.93 bits per heavy atom. The quantitative estimate of drug-likeness (QED) is 0.237. The highest BCUT2D eigenvalue weighted by Crippen LogP contribution is 2.48. The molecule has 4 rings (SSSR count). The smallest absolute Gasteiger partial charge is 0.330 e. The summed E-state index contributed by atoms with van der Waals surface area (Å²) in [5.74, 6) is -0.222. The summed E-state index contributed by atoms with van der Waals surface area (Å²) >= 11 is 5.73. The third kappa shape index (κ3) is 6.68. The van der Waals surface area contributed by atoms with E-state index in [4.69, 9.17) is 30.3 Å². The maximum Gasteiger partial charge on any atom is 0.330 e. The van der Waals surface area contributed by atoms with Gasteiger partial charge in [-0.3, -0.25) is 19.1 Å². The fourth-order valence-corrected chi connectivity index (χ4v) is 6.62. The monoisotopic (exact) mass is 595 g/mol. The topological polar surface area (TPSA) is 141 Å². The van der Waals surface area contributed by atoms with Gasteiger partial charge in [0.2, 0.25) is 0 Å². The van der Waals surface area contributed by atoms with E-state index in [0.29, 0.717) is 5.75 Å². The Kier molecular flexibility index (Phi) is 8.93. The Morgan fingerprint density at radius 3 is 2.60 bits per heavy atom. The van der Waals surface area contributed by atoms with Gasteiger partial charge in [0.25, 0.3) is 5.56 Å². The van der Waals surface area contributed by atoms with Gasteiger partial charge in [0, 0.05) is 12.3 Å². The summed E-state index contributed by atoms with van der Waals surface area (Å²) in [6, 6.07) is 13.0. The Labute approximate surface area is 234 Å². The zero-order valence-electron chi connectivity index (χ0n) is 22.3. The molecule has 1 aromatic heterocycles. The van der Waals surface area contributed by atoms with Crippen LogP contribution >= 0.6 is 6.64 Å². The van der Waals surface area contributed by atoms with Crippen LogP contribution in [0.15, 0.2) is 64.3 Å².